The molecule has 0 bridgehead atoms. The smallest absolute Gasteiger partial charge is 0.251 e. The molecule has 7 nitrogen and oxygen atoms in total. The first-order valence-corrected chi connectivity index (χ1v) is 5.43. The summed E-state index contributed by atoms with van der Waals surface area (Å²) in [5, 5.41) is 9.26. The minimum atomic E-state index is -0.229. The van der Waals surface area contributed by atoms with Gasteiger partial charge in [0, 0.05) is 11.3 Å². The number of amides is 1. The lowest BCUT2D eigenvalue weighted by atomic mass is 10.2. The Balaban J connectivity index is 2.03. The van der Waals surface area contributed by atoms with Gasteiger partial charge in [-0.2, -0.15) is 5.10 Å². The zero-order valence-electron chi connectivity index (χ0n) is 9.84. The van der Waals surface area contributed by atoms with E-state index in [2.05, 4.69) is 25.9 Å². The van der Waals surface area contributed by atoms with Gasteiger partial charge in [0.1, 0.15) is 12.2 Å². The van der Waals surface area contributed by atoms with Crippen molar-refractivity contribution in [2.24, 2.45) is 5.84 Å². The third-order valence-electron chi connectivity index (χ3n) is 2.51. The third kappa shape index (κ3) is 2.64. The van der Waals surface area contributed by atoms with Gasteiger partial charge in [0.05, 0.1) is 6.04 Å². The lowest BCUT2D eigenvalue weighted by Crippen LogP contribution is -2.27. The van der Waals surface area contributed by atoms with Crippen LogP contribution in [-0.4, -0.2) is 21.1 Å². The molecule has 1 aromatic heterocycles. The highest BCUT2D eigenvalue weighted by Crippen LogP contribution is 2.10. The monoisotopic (exact) mass is 246 g/mol. The highest BCUT2D eigenvalue weighted by Gasteiger charge is 2.13. The quantitative estimate of drug-likeness (QED) is 0.466. The van der Waals surface area contributed by atoms with E-state index in [0.29, 0.717) is 11.4 Å². The van der Waals surface area contributed by atoms with E-state index in [-0.39, 0.29) is 11.9 Å². The summed E-state index contributed by atoms with van der Waals surface area (Å²) in [6, 6.07) is 6.62. The Morgan fingerprint density at radius 1 is 1.39 bits per heavy atom. The Labute approximate surface area is 104 Å². The van der Waals surface area contributed by atoms with Gasteiger partial charge >= 0.3 is 0 Å². The van der Waals surface area contributed by atoms with E-state index in [0.717, 1.165) is 5.69 Å². The van der Waals surface area contributed by atoms with Crippen molar-refractivity contribution in [2.75, 3.05) is 5.43 Å². The Morgan fingerprint density at radius 3 is 2.67 bits per heavy atom. The molecule has 94 valence electrons. The minimum Gasteiger partial charge on any atom is -0.342 e. The van der Waals surface area contributed by atoms with Crippen LogP contribution >= 0.6 is 0 Å². The number of benzene rings is 1. The maximum atomic E-state index is 11.9. The van der Waals surface area contributed by atoms with E-state index in [4.69, 9.17) is 5.84 Å². The number of nitrogens with two attached hydrogens (primary N) is 1. The molecule has 1 unspecified atom stereocenters. The number of nitrogens with zero attached hydrogens (tertiary/aromatic N) is 2. The largest absolute Gasteiger partial charge is 0.342 e. The SMILES string of the molecule is CC(NC(=O)c1ccc(NN)cc1)c1ncn[nH]1. The van der Waals surface area contributed by atoms with Crippen molar-refractivity contribution in [3.63, 3.8) is 0 Å². The number of rotatable bonds is 4. The Kier molecular flexibility index (Phi) is 3.54. The van der Waals surface area contributed by atoms with Gasteiger partial charge in [-0.1, -0.05) is 0 Å². The van der Waals surface area contributed by atoms with Gasteiger partial charge in [-0.15, -0.1) is 0 Å². The summed E-state index contributed by atoms with van der Waals surface area (Å²) >= 11 is 0. The molecule has 0 aliphatic rings. The molecular formula is C11H14N6O. The molecule has 5 N–H and O–H groups in total. The molecule has 0 spiro atoms. The Hall–Kier alpha value is -2.41. The van der Waals surface area contributed by atoms with E-state index in [9.17, 15) is 4.79 Å². The van der Waals surface area contributed by atoms with Crippen LogP contribution in [0.4, 0.5) is 5.69 Å². The first kappa shape index (κ1) is 12.1. The summed E-state index contributed by atoms with van der Waals surface area (Å²) in [6.45, 7) is 1.83. The van der Waals surface area contributed by atoms with Crippen molar-refractivity contribution in [2.45, 2.75) is 13.0 Å². The molecule has 0 saturated carbocycles. The van der Waals surface area contributed by atoms with E-state index >= 15 is 0 Å². The van der Waals surface area contributed by atoms with E-state index in [1.165, 1.54) is 6.33 Å². The second-order valence-electron chi connectivity index (χ2n) is 3.79. The number of nitrogens with one attached hydrogen (secondary N) is 3. The molecular weight excluding hydrogens is 232 g/mol. The van der Waals surface area contributed by atoms with Gasteiger partial charge in [-0.05, 0) is 31.2 Å². The van der Waals surface area contributed by atoms with E-state index < -0.39 is 0 Å². The van der Waals surface area contributed by atoms with Crippen LogP contribution in [0.15, 0.2) is 30.6 Å². The fourth-order valence-electron chi connectivity index (χ4n) is 1.49. The number of hydrazine groups is 1. The topological polar surface area (TPSA) is 109 Å². The molecule has 0 aliphatic heterocycles. The molecule has 0 aliphatic carbocycles. The summed E-state index contributed by atoms with van der Waals surface area (Å²) < 4.78 is 0. The van der Waals surface area contributed by atoms with Crippen LogP contribution in [-0.2, 0) is 0 Å². The number of carbonyl (C=O) groups excluding carboxylic acids is 1. The molecule has 0 saturated heterocycles. The second-order valence-corrected chi connectivity index (χ2v) is 3.79. The maximum absolute atomic E-state index is 11.9. The fourth-order valence-corrected chi connectivity index (χ4v) is 1.49. The van der Waals surface area contributed by atoms with Crippen LogP contribution in [0.5, 0.6) is 0 Å². The summed E-state index contributed by atoms with van der Waals surface area (Å²) in [5.41, 5.74) is 3.80. The maximum Gasteiger partial charge on any atom is 0.251 e. The number of hydrogen-bond acceptors (Lipinski definition) is 5. The van der Waals surface area contributed by atoms with Crippen LogP contribution in [0.1, 0.15) is 29.1 Å². The summed E-state index contributed by atoms with van der Waals surface area (Å²) in [5.74, 6) is 5.69. The standard InChI is InChI=1S/C11H14N6O/c1-7(10-13-6-14-17-10)15-11(18)8-2-4-9(16-12)5-3-8/h2-7,16H,12H2,1H3,(H,15,18)(H,13,14,17). The minimum absolute atomic E-state index is 0.178. The lowest BCUT2D eigenvalue weighted by Gasteiger charge is -2.11. The zero-order chi connectivity index (χ0) is 13.0. The van der Waals surface area contributed by atoms with Crippen molar-refractivity contribution in [3.8, 4) is 0 Å². The van der Waals surface area contributed by atoms with Crippen LogP contribution in [0.3, 0.4) is 0 Å². The van der Waals surface area contributed by atoms with Crippen molar-refractivity contribution in [1.29, 1.82) is 0 Å². The van der Waals surface area contributed by atoms with E-state index in [1.54, 1.807) is 24.3 Å². The second kappa shape index (κ2) is 5.28. The van der Waals surface area contributed by atoms with Gasteiger partial charge in [-0.3, -0.25) is 15.7 Å². The van der Waals surface area contributed by atoms with Crippen LogP contribution < -0.4 is 16.6 Å². The molecule has 2 rings (SSSR count). The summed E-state index contributed by atoms with van der Waals surface area (Å²) in [6.07, 6.45) is 1.40. The van der Waals surface area contributed by atoms with Crippen LogP contribution in [0.25, 0.3) is 0 Å². The van der Waals surface area contributed by atoms with E-state index in [1.807, 2.05) is 6.92 Å². The van der Waals surface area contributed by atoms with Gasteiger partial charge in [0.25, 0.3) is 5.91 Å². The Morgan fingerprint density at radius 2 is 2.11 bits per heavy atom. The highest BCUT2D eigenvalue weighted by atomic mass is 16.1. The first-order chi connectivity index (χ1) is 8.70. The average molecular weight is 246 g/mol. The molecule has 1 heterocycles. The fraction of sp³-hybridized carbons (Fsp3) is 0.182. The summed E-state index contributed by atoms with van der Waals surface area (Å²) in [4.78, 5) is 15.9. The number of anilines is 1. The van der Waals surface area contributed by atoms with Crippen LogP contribution in [0.2, 0.25) is 0 Å². The predicted molar refractivity (Wildman–Crippen MR) is 66.5 cm³/mol. The summed E-state index contributed by atoms with van der Waals surface area (Å²) in [7, 11) is 0. The van der Waals surface area contributed by atoms with Gasteiger partial charge < -0.3 is 10.7 Å². The zero-order valence-corrected chi connectivity index (χ0v) is 9.84. The molecule has 0 fully saturated rings. The average Bonchev–Trinajstić information content (AvgIpc) is 2.92. The van der Waals surface area contributed by atoms with Crippen molar-refractivity contribution in [1.82, 2.24) is 20.5 Å². The number of nitrogen functional groups attached to an aromatic ring is 1. The highest BCUT2D eigenvalue weighted by molar-refractivity contribution is 5.94. The first-order valence-electron chi connectivity index (χ1n) is 5.43. The number of H-pyrrole nitrogens is 1. The van der Waals surface area contributed by atoms with Gasteiger partial charge in [0.2, 0.25) is 0 Å². The predicted octanol–water partition coefficient (Wildman–Crippen LogP) is 0.581. The number of aromatic amines is 1. The number of aromatic nitrogens is 3. The molecule has 1 amide bonds. The van der Waals surface area contributed by atoms with Crippen molar-refractivity contribution >= 4 is 11.6 Å². The molecule has 1 aromatic carbocycles. The molecule has 2 aromatic rings. The normalized spacial score (nSPS) is 11.9. The molecule has 1 atom stereocenters. The molecule has 7 heteroatoms. The lowest BCUT2D eigenvalue weighted by molar-refractivity contribution is 0.0938. The number of carbonyl (C=O) groups is 1. The van der Waals surface area contributed by atoms with Crippen molar-refractivity contribution < 1.29 is 4.79 Å². The molecule has 0 radical (unpaired) electrons. The van der Waals surface area contributed by atoms with Gasteiger partial charge in [-0.25, -0.2) is 4.98 Å². The Bertz CT molecular complexity index is 507. The van der Waals surface area contributed by atoms with Crippen LogP contribution in [0, 0.1) is 0 Å². The van der Waals surface area contributed by atoms with Crippen molar-refractivity contribution in [3.05, 3.63) is 42.0 Å². The molecule has 18 heavy (non-hydrogen) atoms. The third-order valence-corrected chi connectivity index (χ3v) is 2.51. The number of hydrogen-bond donors (Lipinski definition) is 4. The van der Waals surface area contributed by atoms with Gasteiger partial charge in [0.15, 0.2) is 0 Å².